The zero-order valence-electron chi connectivity index (χ0n) is 22.6. The van der Waals surface area contributed by atoms with E-state index in [-0.39, 0.29) is 17.1 Å². The average molecular weight is 568 g/mol. The van der Waals surface area contributed by atoms with Crippen molar-refractivity contribution in [3.8, 4) is 10.4 Å². The van der Waals surface area contributed by atoms with Gasteiger partial charge in [-0.1, -0.05) is 24.3 Å². The Morgan fingerprint density at radius 1 is 1.05 bits per heavy atom. The molecule has 208 valence electrons. The molecule has 10 nitrogen and oxygen atoms in total. The summed E-state index contributed by atoms with van der Waals surface area (Å²) in [5.41, 5.74) is 3.46. The Hall–Kier alpha value is -4.61. The van der Waals surface area contributed by atoms with Gasteiger partial charge in [0.15, 0.2) is 0 Å². The molecule has 11 heteroatoms. The first-order chi connectivity index (χ1) is 20.0. The molecule has 1 aliphatic rings. The van der Waals surface area contributed by atoms with Crippen LogP contribution in [0, 0.1) is 10.1 Å². The van der Waals surface area contributed by atoms with Gasteiger partial charge in [0.2, 0.25) is 0 Å². The van der Waals surface area contributed by atoms with E-state index in [9.17, 15) is 14.9 Å². The van der Waals surface area contributed by atoms with Gasteiger partial charge in [-0.15, -0.1) is 11.3 Å². The van der Waals surface area contributed by atoms with Gasteiger partial charge >= 0.3 is 0 Å². The zero-order chi connectivity index (χ0) is 28.3. The number of aryl methyl sites for hydroxylation is 1. The highest BCUT2D eigenvalue weighted by Crippen LogP contribution is 2.33. The van der Waals surface area contributed by atoms with Crippen molar-refractivity contribution in [2.75, 3.05) is 42.9 Å². The van der Waals surface area contributed by atoms with Crippen molar-refractivity contribution in [3.63, 3.8) is 0 Å². The predicted octanol–water partition coefficient (Wildman–Crippen LogP) is 5.22. The lowest BCUT2D eigenvalue weighted by Crippen LogP contribution is -2.47. The summed E-state index contributed by atoms with van der Waals surface area (Å²) in [6, 6.07) is 17.0. The summed E-state index contributed by atoms with van der Waals surface area (Å²) in [7, 11) is 2.09. The Balaban J connectivity index is 1.06. The first-order valence-corrected chi connectivity index (χ1v) is 14.3. The number of fused-ring (bicyclic) bond motifs is 1. The van der Waals surface area contributed by atoms with Crippen LogP contribution in [-0.4, -0.2) is 63.0 Å². The minimum Gasteiger partial charge on any atom is -0.353 e. The second kappa shape index (κ2) is 11.5. The molecule has 0 radical (unpaired) electrons. The first-order valence-electron chi connectivity index (χ1n) is 13.4. The van der Waals surface area contributed by atoms with Crippen molar-refractivity contribution in [3.05, 3.63) is 99.9 Å². The van der Waals surface area contributed by atoms with E-state index in [0.717, 1.165) is 49.6 Å². The lowest BCUT2D eigenvalue weighted by molar-refractivity contribution is -0.383. The molecule has 0 atom stereocenters. The van der Waals surface area contributed by atoms with E-state index in [4.69, 9.17) is 0 Å². The molecule has 2 aromatic carbocycles. The van der Waals surface area contributed by atoms with Gasteiger partial charge in [0, 0.05) is 67.8 Å². The average Bonchev–Trinajstić information content (AvgIpc) is 3.65. The van der Waals surface area contributed by atoms with Crippen LogP contribution in [0.4, 0.5) is 17.2 Å². The summed E-state index contributed by atoms with van der Waals surface area (Å²) in [4.78, 5) is 38.4. The van der Waals surface area contributed by atoms with Gasteiger partial charge in [0.05, 0.1) is 17.3 Å². The van der Waals surface area contributed by atoms with E-state index < -0.39 is 10.8 Å². The number of nitrogens with one attached hydrogen (secondary N) is 1. The van der Waals surface area contributed by atoms with Crippen LogP contribution in [0.25, 0.3) is 21.3 Å². The number of nitrogens with zero attached hydrogens (tertiary/aromatic N) is 6. The van der Waals surface area contributed by atoms with Crippen molar-refractivity contribution < 1.29 is 9.72 Å². The molecular formula is C30H29N7O3S. The normalized spacial score (nSPS) is 13.9. The van der Waals surface area contributed by atoms with Crippen molar-refractivity contribution in [2.45, 2.75) is 6.42 Å². The van der Waals surface area contributed by atoms with Crippen molar-refractivity contribution in [2.24, 2.45) is 7.05 Å². The maximum Gasteiger partial charge on any atom is 0.292 e. The Bertz CT molecular complexity index is 1690. The third kappa shape index (κ3) is 5.67. The third-order valence-electron chi connectivity index (χ3n) is 7.49. The van der Waals surface area contributed by atoms with Crippen LogP contribution in [0.3, 0.4) is 0 Å². The molecule has 1 fully saturated rings. The summed E-state index contributed by atoms with van der Waals surface area (Å²) in [6.45, 7) is 4.46. The summed E-state index contributed by atoms with van der Waals surface area (Å²) in [5, 5.41) is 17.5. The second-order valence-corrected chi connectivity index (χ2v) is 11.0. The molecule has 41 heavy (non-hydrogen) atoms. The Morgan fingerprint density at radius 3 is 2.61 bits per heavy atom. The van der Waals surface area contributed by atoms with Crippen LogP contribution in [-0.2, 0) is 13.5 Å². The van der Waals surface area contributed by atoms with Crippen molar-refractivity contribution in [1.29, 1.82) is 0 Å². The number of para-hydroxylation sites is 1. The largest absolute Gasteiger partial charge is 0.353 e. The fourth-order valence-corrected chi connectivity index (χ4v) is 6.01. The number of anilines is 2. The Kier molecular flexibility index (Phi) is 7.45. The van der Waals surface area contributed by atoms with Gasteiger partial charge in [-0.2, -0.15) is 0 Å². The Labute approximate surface area is 241 Å². The molecule has 5 aromatic rings. The number of aromatic nitrogens is 3. The standard InChI is InChI=1S/C30H29N7O3S/c1-34-20-22(23-5-2-3-6-26(23)34)10-11-35-12-14-36(15-13-35)29-19-31-25(18-32-29)30(38)33-24-17-21(28-7-4-16-41-28)8-9-27(24)37(39)40/h2-9,16-20H,10-15H2,1H3,(H,33,38). The quantitative estimate of drug-likeness (QED) is 0.202. The van der Waals surface area contributed by atoms with Gasteiger partial charge < -0.3 is 14.8 Å². The van der Waals surface area contributed by atoms with Gasteiger partial charge in [0.1, 0.15) is 17.2 Å². The molecule has 1 aliphatic heterocycles. The molecular weight excluding hydrogens is 538 g/mol. The van der Waals surface area contributed by atoms with Gasteiger partial charge in [-0.3, -0.25) is 19.8 Å². The van der Waals surface area contributed by atoms with Crippen LogP contribution in [0.2, 0.25) is 0 Å². The number of amides is 1. The summed E-state index contributed by atoms with van der Waals surface area (Å²) < 4.78 is 2.19. The molecule has 1 N–H and O–H groups in total. The highest BCUT2D eigenvalue weighted by molar-refractivity contribution is 7.13. The lowest BCUT2D eigenvalue weighted by atomic mass is 10.1. The highest BCUT2D eigenvalue weighted by atomic mass is 32.1. The Morgan fingerprint density at radius 2 is 1.88 bits per heavy atom. The number of nitro groups is 1. The highest BCUT2D eigenvalue weighted by Gasteiger charge is 2.21. The van der Waals surface area contributed by atoms with Crippen molar-refractivity contribution >= 4 is 45.3 Å². The number of hydrogen-bond donors (Lipinski definition) is 1. The number of hydrogen-bond acceptors (Lipinski definition) is 8. The van der Waals surface area contributed by atoms with E-state index in [1.807, 2.05) is 17.5 Å². The zero-order valence-corrected chi connectivity index (χ0v) is 23.4. The molecule has 1 amide bonds. The topological polar surface area (TPSA) is 109 Å². The van der Waals surface area contributed by atoms with Crippen LogP contribution < -0.4 is 10.2 Å². The van der Waals surface area contributed by atoms with Gasteiger partial charge in [0.25, 0.3) is 11.6 Å². The fourth-order valence-electron chi connectivity index (χ4n) is 5.28. The number of carbonyl (C=O) groups excluding carboxylic acids is 1. The summed E-state index contributed by atoms with van der Waals surface area (Å²) in [5.74, 6) is 0.162. The minimum atomic E-state index is -0.547. The number of benzene rings is 2. The predicted molar refractivity (Wildman–Crippen MR) is 162 cm³/mol. The van der Waals surface area contributed by atoms with E-state index in [0.29, 0.717) is 5.82 Å². The van der Waals surface area contributed by atoms with Crippen LogP contribution in [0.5, 0.6) is 0 Å². The summed E-state index contributed by atoms with van der Waals surface area (Å²) >= 11 is 1.52. The molecule has 0 aliphatic carbocycles. The monoisotopic (exact) mass is 567 g/mol. The number of piperazine rings is 1. The second-order valence-electron chi connectivity index (χ2n) is 10.0. The van der Waals surface area contributed by atoms with Gasteiger partial charge in [-0.05, 0) is 47.2 Å². The third-order valence-corrected chi connectivity index (χ3v) is 8.41. The lowest BCUT2D eigenvalue weighted by Gasteiger charge is -2.35. The molecule has 3 aromatic heterocycles. The van der Waals surface area contributed by atoms with Gasteiger partial charge in [-0.25, -0.2) is 9.97 Å². The minimum absolute atomic E-state index is 0.0956. The van der Waals surface area contributed by atoms with Crippen molar-refractivity contribution in [1.82, 2.24) is 19.4 Å². The summed E-state index contributed by atoms with van der Waals surface area (Å²) in [6.07, 6.45) is 6.25. The van der Waals surface area contributed by atoms with E-state index >= 15 is 0 Å². The van der Waals surface area contributed by atoms with Crippen LogP contribution in [0.15, 0.2) is 78.6 Å². The molecule has 6 rings (SSSR count). The molecule has 0 unspecified atom stereocenters. The smallest absolute Gasteiger partial charge is 0.292 e. The molecule has 0 spiro atoms. The maximum atomic E-state index is 12.9. The molecule has 0 saturated carbocycles. The number of carbonyl (C=O) groups is 1. The van der Waals surface area contributed by atoms with E-state index in [1.54, 1.807) is 18.3 Å². The number of rotatable bonds is 8. The SMILES string of the molecule is Cn1cc(CCN2CCN(c3cnc(C(=O)Nc4cc(-c5cccs5)ccc4[N+](=O)[O-])cn3)CC2)c2ccccc21. The van der Waals surface area contributed by atoms with E-state index in [1.165, 1.54) is 40.1 Å². The maximum absolute atomic E-state index is 12.9. The van der Waals surface area contributed by atoms with Crippen LogP contribution >= 0.6 is 11.3 Å². The molecule has 1 saturated heterocycles. The van der Waals surface area contributed by atoms with E-state index in [2.05, 4.69) is 67.2 Å². The first kappa shape index (κ1) is 26.6. The van der Waals surface area contributed by atoms with Crippen LogP contribution in [0.1, 0.15) is 16.1 Å². The molecule has 4 heterocycles. The number of nitro benzene ring substituents is 1. The number of thiophene rings is 1. The molecule has 0 bridgehead atoms. The fraction of sp³-hybridized carbons (Fsp3) is 0.233.